The molecule has 2 heterocycles. The Hall–Kier alpha value is -0.650. The highest BCUT2D eigenvalue weighted by Crippen LogP contribution is 2.24. The third-order valence-corrected chi connectivity index (χ3v) is 4.63. The van der Waals surface area contributed by atoms with Crippen LogP contribution < -0.4 is 5.73 Å². The van der Waals surface area contributed by atoms with Gasteiger partial charge in [-0.25, -0.2) is 0 Å². The predicted octanol–water partition coefficient (Wildman–Crippen LogP) is 0.826. The lowest BCUT2D eigenvalue weighted by molar-refractivity contribution is -0.145. The smallest absolute Gasteiger partial charge is 0.322 e. The zero-order valence-corrected chi connectivity index (χ0v) is 12.9. The summed E-state index contributed by atoms with van der Waals surface area (Å²) in [5.41, 5.74) is 5.89. The molecular weight excluding hydrogens is 254 g/mol. The first-order valence-corrected chi connectivity index (χ1v) is 8.02. The molecule has 0 radical (unpaired) electrons. The molecule has 0 aromatic heterocycles. The Morgan fingerprint density at radius 3 is 2.95 bits per heavy atom. The molecule has 116 valence electrons. The Balaban J connectivity index is 1.79. The second-order valence-corrected chi connectivity index (χ2v) is 6.14. The van der Waals surface area contributed by atoms with Gasteiger partial charge in [-0.15, -0.1) is 0 Å². The van der Waals surface area contributed by atoms with Crippen LogP contribution in [0.3, 0.4) is 0 Å². The summed E-state index contributed by atoms with van der Waals surface area (Å²) in [4.78, 5) is 16.7. The molecule has 5 heteroatoms. The number of esters is 1. The van der Waals surface area contributed by atoms with Crippen molar-refractivity contribution in [3.63, 3.8) is 0 Å². The molecule has 0 spiro atoms. The number of hydrogen-bond donors (Lipinski definition) is 1. The van der Waals surface area contributed by atoms with Crippen LogP contribution >= 0.6 is 0 Å². The summed E-state index contributed by atoms with van der Waals surface area (Å²) in [5.74, 6) is -0.267. The van der Waals surface area contributed by atoms with Crippen molar-refractivity contribution in [1.82, 2.24) is 9.80 Å². The van der Waals surface area contributed by atoms with Gasteiger partial charge < -0.3 is 10.5 Å². The zero-order valence-electron chi connectivity index (χ0n) is 12.9. The molecule has 2 rings (SSSR count). The molecule has 0 aromatic carbocycles. The highest BCUT2D eigenvalue weighted by molar-refractivity contribution is 5.75. The number of fused-ring (bicyclic) bond motifs is 1. The topological polar surface area (TPSA) is 58.8 Å². The molecule has 2 aliphatic heterocycles. The van der Waals surface area contributed by atoms with Crippen LogP contribution in [0, 0.1) is 0 Å². The molecule has 0 saturated carbocycles. The van der Waals surface area contributed by atoms with Gasteiger partial charge in [-0.3, -0.25) is 14.6 Å². The molecule has 3 atom stereocenters. The van der Waals surface area contributed by atoms with Crippen molar-refractivity contribution in [2.75, 3.05) is 32.8 Å². The summed E-state index contributed by atoms with van der Waals surface area (Å²) in [6.45, 7) is 8.92. The third-order valence-electron chi connectivity index (χ3n) is 4.63. The van der Waals surface area contributed by atoms with Crippen LogP contribution in [0.15, 0.2) is 0 Å². The van der Waals surface area contributed by atoms with Gasteiger partial charge in [0.05, 0.1) is 6.61 Å². The first kappa shape index (κ1) is 15.7. The number of piperidine rings is 1. The van der Waals surface area contributed by atoms with Crippen molar-refractivity contribution in [2.45, 2.75) is 57.7 Å². The van der Waals surface area contributed by atoms with Gasteiger partial charge in [0.25, 0.3) is 0 Å². The van der Waals surface area contributed by atoms with Crippen LogP contribution in [0.1, 0.15) is 39.5 Å². The van der Waals surface area contributed by atoms with Gasteiger partial charge in [0.2, 0.25) is 0 Å². The van der Waals surface area contributed by atoms with E-state index in [0.29, 0.717) is 25.1 Å². The van der Waals surface area contributed by atoms with E-state index < -0.39 is 6.04 Å². The summed E-state index contributed by atoms with van der Waals surface area (Å²) < 4.78 is 4.97. The minimum absolute atomic E-state index is 0.267. The van der Waals surface area contributed by atoms with Crippen LogP contribution in [0.2, 0.25) is 0 Å². The third kappa shape index (κ3) is 3.93. The highest BCUT2D eigenvalue weighted by atomic mass is 16.5. The van der Waals surface area contributed by atoms with Crippen LogP contribution in [0.4, 0.5) is 0 Å². The van der Waals surface area contributed by atoms with Crippen molar-refractivity contribution >= 4 is 5.97 Å². The maximum absolute atomic E-state index is 11.6. The van der Waals surface area contributed by atoms with Crippen LogP contribution in [0.5, 0.6) is 0 Å². The maximum atomic E-state index is 11.6. The van der Waals surface area contributed by atoms with Gasteiger partial charge >= 0.3 is 5.97 Å². The molecule has 20 heavy (non-hydrogen) atoms. The van der Waals surface area contributed by atoms with E-state index >= 15 is 0 Å². The van der Waals surface area contributed by atoms with Crippen LogP contribution in [0.25, 0.3) is 0 Å². The number of carbonyl (C=O) groups is 1. The summed E-state index contributed by atoms with van der Waals surface area (Å²) in [7, 11) is 0. The van der Waals surface area contributed by atoms with E-state index in [1.54, 1.807) is 0 Å². The number of hydrogen-bond acceptors (Lipinski definition) is 5. The minimum atomic E-state index is -0.480. The van der Waals surface area contributed by atoms with Gasteiger partial charge in [0.15, 0.2) is 0 Å². The van der Waals surface area contributed by atoms with E-state index in [1.807, 2.05) is 6.92 Å². The second kappa shape index (κ2) is 7.38. The lowest BCUT2D eigenvalue weighted by Crippen LogP contribution is -2.59. The highest BCUT2D eigenvalue weighted by Gasteiger charge is 2.33. The molecule has 3 unspecified atom stereocenters. The van der Waals surface area contributed by atoms with E-state index in [2.05, 4.69) is 16.7 Å². The van der Waals surface area contributed by atoms with E-state index in [1.165, 1.54) is 25.8 Å². The van der Waals surface area contributed by atoms with E-state index in [9.17, 15) is 4.79 Å². The normalized spacial score (nSPS) is 29.8. The van der Waals surface area contributed by atoms with Crippen molar-refractivity contribution in [3.05, 3.63) is 0 Å². The molecule has 0 bridgehead atoms. The number of rotatable bonds is 5. The van der Waals surface area contributed by atoms with E-state index in [0.717, 1.165) is 19.6 Å². The summed E-state index contributed by atoms with van der Waals surface area (Å²) >= 11 is 0. The fourth-order valence-corrected chi connectivity index (χ4v) is 3.40. The Bertz CT molecular complexity index is 324. The first-order chi connectivity index (χ1) is 9.61. The quantitative estimate of drug-likeness (QED) is 0.757. The SMILES string of the molecule is CCOC(=O)C(N)CCN1CC2CCCCN2CC1C. The molecule has 5 nitrogen and oxygen atoms in total. The Morgan fingerprint density at radius 2 is 2.20 bits per heavy atom. The Morgan fingerprint density at radius 1 is 1.40 bits per heavy atom. The molecule has 0 amide bonds. The van der Waals surface area contributed by atoms with E-state index in [4.69, 9.17) is 10.5 Å². The standard InChI is InChI=1S/C15H29N3O2/c1-3-20-15(19)14(16)7-9-17-11-13-6-4-5-8-18(13)10-12(17)2/h12-14H,3-11,16H2,1-2H3. The average Bonchev–Trinajstić information content (AvgIpc) is 2.45. The summed E-state index contributed by atoms with van der Waals surface area (Å²) in [6, 6.07) is 0.782. The van der Waals surface area contributed by atoms with Crippen molar-refractivity contribution in [3.8, 4) is 0 Å². The molecule has 2 saturated heterocycles. The number of ether oxygens (including phenoxy) is 1. The van der Waals surface area contributed by atoms with Crippen molar-refractivity contribution in [2.24, 2.45) is 5.73 Å². The Labute approximate surface area is 122 Å². The number of carbonyl (C=O) groups excluding carboxylic acids is 1. The van der Waals surface area contributed by atoms with Gasteiger partial charge in [0.1, 0.15) is 6.04 Å². The van der Waals surface area contributed by atoms with Crippen molar-refractivity contribution in [1.29, 1.82) is 0 Å². The zero-order chi connectivity index (χ0) is 14.5. The molecule has 0 aromatic rings. The largest absolute Gasteiger partial charge is 0.465 e. The fourth-order valence-electron chi connectivity index (χ4n) is 3.40. The van der Waals surface area contributed by atoms with Crippen LogP contribution in [-0.4, -0.2) is 66.7 Å². The second-order valence-electron chi connectivity index (χ2n) is 6.14. The van der Waals surface area contributed by atoms with Gasteiger partial charge in [-0.2, -0.15) is 0 Å². The van der Waals surface area contributed by atoms with Crippen LogP contribution in [-0.2, 0) is 9.53 Å². The first-order valence-electron chi connectivity index (χ1n) is 8.02. The van der Waals surface area contributed by atoms with Gasteiger partial charge in [0, 0.05) is 31.7 Å². The number of piperazine rings is 1. The predicted molar refractivity (Wildman–Crippen MR) is 79.5 cm³/mol. The number of nitrogens with two attached hydrogens (primary N) is 1. The molecule has 2 fully saturated rings. The average molecular weight is 283 g/mol. The lowest BCUT2D eigenvalue weighted by Gasteiger charge is -2.47. The minimum Gasteiger partial charge on any atom is -0.465 e. The maximum Gasteiger partial charge on any atom is 0.322 e. The summed E-state index contributed by atoms with van der Waals surface area (Å²) in [5, 5.41) is 0. The molecule has 2 aliphatic rings. The molecule has 0 aliphatic carbocycles. The Kier molecular flexibility index (Phi) is 5.81. The lowest BCUT2D eigenvalue weighted by atomic mass is 9.97. The van der Waals surface area contributed by atoms with Gasteiger partial charge in [-0.05, 0) is 39.7 Å². The van der Waals surface area contributed by atoms with Crippen molar-refractivity contribution < 1.29 is 9.53 Å². The fraction of sp³-hybridized carbons (Fsp3) is 0.933. The van der Waals surface area contributed by atoms with E-state index in [-0.39, 0.29) is 5.97 Å². The monoisotopic (exact) mass is 283 g/mol. The molecule has 2 N–H and O–H groups in total. The van der Waals surface area contributed by atoms with Gasteiger partial charge in [-0.1, -0.05) is 6.42 Å². The molecular formula is C15H29N3O2. The number of nitrogens with zero attached hydrogens (tertiary/aromatic N) is 2. The summed E-state index contributed by atoms with van der Waals surface area (Å²) in [6.07, 6.45) is 4.70.